The van der Waals surface area contributed by atoms with E-state index in [0.29, 0.717) is 18.5 Å². The van der Waals surface area contributed by atoms with Crippen LogP contribution in [0.4, 0.5) is 28.4 Å². The molecule has 0 amide bonds. The summed E-state index contributed by atoms with van der Waals surface area (Å²) in [6, 6.07) is 32.3. The Bertz CT molecular complexity index is 2680. The maximum atomic E-state index is 13.7. The van der Waals surface area contributed by atoms with E-state index in [4.69, 9.17) is 21.4 Å². The Morgan fingerprint density at radius 2 is 1.26 bits per heavy atom. The molecule has 0 bridgehead atoms. The summed E-state index contributed by atoms with van der Waals surface area (Å²) < 4.78 is 2.16. The third-order valence-corrected chi connectivity index (χ3v) is 11.7. The predicted molar refractivity (Wildman–Crippen MR) is 238 cm³/mol. The Kier molecular flexibility index (Phi) is 10.8. The van der Waals surface area contributed by atoms with E-state index in [1.807, 2.05) is 100 Å². The van der Waals surface area contributed by atoms with Gasteiger partial charge in [0, 0.05) is 65.3 Å². The molecule has 0 radical (unpaired) electrons. The minimum atomic E-state index is -0.203. The third kappa shape index (κ3) is 7.54. The van der Waals surface area contributed by atoms with Crippen LogP contribution in [0.5, 0.6) is 0 Å². The molecule has 1 aliphatic carbocycles. The number of ketones is 2. The summed E-state index contributed by atoms with van der Waals surface area (Å²) in [6.07, 6.45) is 10.8. The quantitative estimate of drug-likeness (QED) is 0.0397. The number of fused-ring (bicyclic) bond motifs is 4. The highest BCUT2D eigenvalue weighted by Crippen LogP contribution is 2.44. The van der Waals surface area contributed by atoms with Gasteiger partial charge in [0.2, 0.25) is 16.7 Å². The molecule has 1 atom stereocenters. The van der Waals surface area contributed by atoms with Gasteiger partial charge in [0.05, 0.1) is 23.1 Å². The van der Waals surface area contributed by atoms with Crippen molar-refractivity contribution in [1.29, 1.82) is 0 Å². The van der Waals surface area contributed by atoms with Gasteiger partial charge in [-0.15, -0.1) is 4.57 Å². The zero-order chi connectivity index (χ0) is 40.5. The molecule has 1 unspecified atom stereocenters. The van der Waals surface area contributed by atoms with E-state index in [1.54, 1.807) is 0 Å². The minimum absolute atomic E-state index is 0.149. The second-order valence-corrected chi connectivity index (χ2v) is 15.9. The molecule has 2 aliphatic rings. The Morgan fingerprint density at radius 1 is 0.672 bits per heavy atom. The largest absolute Gasteiger partial charge is 0.398 e. The van der Waals surface area contributed by atoms with Crippen LogP contribution in [0.25, 0.3) is 27.8 Å². The molecule has 292 valence electrons. The number of allylic oxidation sites excluding steroid dienone is 2. The second kappa shape index (κ2) is 16.2. The van der Waals surface area contributed by atoms with Crippen molar-refractivity contribution in [3.63, 3.8) is 0 Å². The topological polar surface area (TPSA) is 119 Å². The predicted octanol–water partition coefficient (Wildman–Crippen LogP) is 10.8. The fraction of sp³-hybridized carbons (Fsp3) is 0.260. The van der Waals surface area contributed by atoms with Gasteiger partial charge in [0.15, 0.2) is 11.6 Å². The smallest absolute Gasteiger partial charge is 0.239 e. The molecule has 0 fully saturated rings. The van der Waals surface area contributed by atoms with Crippen LogP contribution in [0.15, 0.2) is 125 Å². The number of anilines is 4. The summed E-state index contributed by atoms with van der Waals surface area (Å²) >= 11 is 0. The molecule has 0 spiro atoms. The summed E-state index contributed by atoms with van der Waals surface area (Å²) in [5.41, 5.74) is 27.8. The summed E-state index contributed by atoms with van der Waals surface area (Å²) in [7, 11) is 0. The van der Waals surface area contributed by atoms with Crippen LogP contribution >= 0.6 is 0 Å². The van der Waals surface area contributed by atoms with Gasteiger partial charge in [-0.1, -0.05) is 62.1 Å². The van der Waals surface area contributed by atoms with Crippen LogP contribution in [0.2, 0.25) is 0 Å². The number of carbonyl (C=O) groups is 2. The first-order valence-corrected chi connectivity index (χ1v) is 20.5. The van der Waals surface area contributed by atoms with Crippen LogP contribution in [0, 0.1) is 20.8 Å². The number of hydrogen-bond acceptors (Lipinski definition) is 7. The van der Waals surface area contributed by atoms with E-state index >= 15 is 0 Å². The van der Waals surface area contributed by atoms with E-state index < -0.39 is 0 Å². The number of para-hydroxylation sites is 2. The van der Waals surface area contributed by atoms with Gasteiger partial charge < -0.3 is 16.4 Å². The Hall–Kier alpha value is -6.41. The first kappa shape index (κ1) is 38.5. The fourth-order valence-electron chi connectivity index (χ4n) is 8.41. The molecule has 6 aromatic rings. The molecule has 2 heterocycles. The maximum absolute atomic E-state index is 13.7. The summed E-state index contributed by atoms with van der Waals surface area (Å²) in [6.45, 7) is 8.00. The minimum Gasteiger partial charge on any atom is -0.398 e. The van der Waals surface area contributed by atoms with E-state index in [9.17, 15) is 9.59 Å². The zero-order valence-corrected chi connectivity index (χ0v) is 33.9. The highest BCUT2D eigenvalue weighted by molar-refractivity contribution is 6.14. The van der Waals surface area contributed by atoms with E-state index in [1.165, 1.54) is 0 Å². The molecule has 8 rings (SSSR count). The first-order valence-electron chi connectivity index (χ1n) is 20.5. The molecule has 0 saturated heterocycles. The van der Waals surface area contributed by atoms with Gasteiger partial charge in [-0.25, -0.2) is 9.98 Å². The van der Waals surface area contributed by atoms with Crippen molar-refractivity contribution in [2.45, 2.75) is 85.1 Å². The lowest BCUT2D eigenvalue weighted by Gasteiger charge is -2.38. The number of benzene rings is 5. The van der Waals surface area contributed by atoms with Crippen molar-refractivity contribution in [2.24, 2.45) is 4.99 Å². The molecule has 0 saturated carbocycles. The van der Waals surface area contributed by atoms with Gasteiger partial charge >= 0.3 is 0 Å². The monoisotopic (exact) mass is 767 g/mol. The average Bonchev–Trinajstić information content (AvgIpc) is 3.21. The zero-order valence-electron chi connectivity index (χ0n) is 33.9. The highest BCUT2D eigenvalue weighted by atomic mass is 16.1. The third-order valence-electron chi connectivity index (χ3n) is 11.7. The Balaban J connectivity index is 0.874. The van der Waals surface area contributed by atoms with Crippen molar-refractivity contribution in [2.75, 3.05) is 16.4 Å². The first-order chi connectivity index (χ1) is 28.1. The number of Topliss-reactive ketones (excluding diaryl/α,β-unsaturated/α-hetero) is 2. The number of aliphatic imine (C=N–C) groups is 1. The van der Waals surface area contributed by atoms with Crippen molar-refractivity contribution in [3.05, 3.63) is 143 Å². The van der Waals surface area contributed by atoms with Crippen molar-refractivity contribution in [3.8, 4) is 5.69 Å². The number of nitrogens with zero attached hydrogens (tertiary/aromatic N) is 4. The lowest BCUT2D eigenvalue weighted by molar-refractivity contribution is -0.538. The van der Waals surface area contributed by atoms with E-state index in [0.717, 1.165) is 128 Å². The van der Waals surface area contributed by atoms with Gasteiger partial charge in [-0.05, 0) is 111 Å². The number of hydrogen-bond donors (Lipinski definition) is 2. The van der Waals surface area contributed by atoms with Crippen LogP contribution in [0.1, 0.15) is 85.3 Å². The average molecular weight is 768 g/mol. The van der Waals surface area contributed by atoms with Gasteiger partial charge in [-0.2, -0.15) is 0 Å². The molecular weight excluding hydrogens is 717 g/mol. The van der Waals surface area contributed by atoms with Crippen molar-refractivity contribution >= 4 is 67.8 Å². The molecule has 5 aromatic carbocycles. The number of aryl methyl sites for hydroxylation is 3. The summed E-state index contributed by atoms with van der Waals surface area (Å²) in [5.74, 6) is 0.318. The van der Waals surface area contributed by atoms with E-state index in [2.05, 4.69) is 45.9 Å². The number of unbranched alkanes of at least 4 members (excludes halogenated alkanes) is 5. The van der Waals surface area contributed by atoms with Crippen molar-refractivity contribution in [1.82, 2.24) is 4.98 Å². The molecule has 4 N–H and O–H groups in total. The second-order valence-electron chi connectivity index (χ2n) is 15.9. The lowest BCUT2D eigenvalue weighted by Crippen LogP contribution is -2.40. The number of aromatic nitrogens is 2. The maximum Gasteiger partial charge on any atom is 0.239 e. The molecule has 58 heavy (non-hydrogen) atoms. The normalized spacial score (nSPS) is 14.8. The van der Waals surface area contributed by atoms with Gasteiger partial charge in [0.25, 0.3) is 0 Å². The highest BCUT2D eigenvalue weighted by Gasteiger charge is 2.33. The lowest BCUT2D eigenvalue weighted by atomic mass is 9.87. The van der Waals surface area contributed by atoms with Crippen LogP contribution < -0.4 is 20.9 Å². The molecular formula is C50H51N6O2+. The van der Waals surface area contributed by atoms with Crippen LogP contribution in [0.3, 0.4) is 0 Å². The van der Waals surface area contributed by atoms with Crippen LogP contribution in [-0.2, 0) is 4.79 Å². The standard InChI is InChI=1S/C50H50N6O2/c1-31-23-41-45(55(35-17-11-9-12-18-35)47-29-39(51)33(3)25-43(47)53-41)27-37(31)49(57)21-15-7-5-6-8-16-22-50(58)38-28-46-42(24-32(38)2)54-44-26-34(4)40(52)30-48(44)56(46)36-19-13-10-14-20-36/h9-14,17-20,23-30,45,52H,5-8,15-16,21-22,51H2,1-4H3/p+1. The molecule has 1 aromatic heterocycles. The van der Waals surface area contributed by atoms with Gasteiger partial charge in [-0.3, -0.25) is 9.59 Å². The number of rotatable bonds is 13. The number of nitrogens with two attached hydrogens (primary N) is 2. The Labute approximate surface area is 340 Å². The molecule has 8 nitrogen and oxygen atoms in total. The molecule has 8 heteroatoms. The summed E-state index contributed by atoms with van der Waals surface area (Å²) in [4.78, 5) is 39.6. The Morgan fingerprint density at radius 3 is 1.97 bits per heavy atom. The van der Waals surface area contributed by atoms with Gasteiger partial charge in [0.1, 0.15) is 11.0 Å². The van der Waals surface area contributed by atoms with Crippen LogP contribution in [-0.4, -0.2) is 28.3 Å². The SMILES string of the molecule is CC1=CC2=Nc3cc(C)c(N)cc3N(c3ccccc3)C2C=C1C(=O)CCCCCCCCC(=O)c1cc2c(cc1C)nc1cc(C)c(N)cc1[n+]2-c1ccccc1. The molecule has 1 aliphatic heterocycles. The number of carbonyl (C=O) groups excluding carboxylic acids is 2. The van der Waals surface area contributed by atoms with E-state index in [-0.39, 0.29) is 17.6 Å². The van der Waals surface area contributed by atoms with Crippen molar-refractivity contribution < 1.29 is 14.2 Å². The summed E-state index contributed by atoms with van der Waals surface area (Å²) in [5, 5.41) is 0. The fourth-order valence-corrected chi connectivity index (χ4v) is 8.41. The number of nitrogen functional groups attached to an aromatic ring is 2.